The molecule has 0 bridgehead atoms. The van der Waals surface area contributed by atoms with E-state index in [1.165, 1.54) is 0 Å². The molecular formula is C25H27N5O3. The van der Waals surface area contributed by atoms with Crippen LogP contribution in [0.1, 0.15) is 45.2 Å². The van der Waals surface area contributed by atoms with Crippen LogP contribution >= 0.6 is 0 Å². The summed E-state index contributed by atoms with van der Waals surface area (Å²) >= 11 is 0. The van der Waals surface area contributed by atoms with E-state index in [9.17, 15) is 9.59 Å². The number of rotatable bonds is 2. The van der Waals surface area contributed by atoms with Crippen molar-refractivity contribution in [3.8, 4) is 11.3 Å². The summed E-state index contributed by atoms with van der Waals surface area (Å²) in [7, 11) is 0. The predicted octanol–water partition coefficient (Wildman–Crippen LogP) is 4.35. The van der Waals surface area contributed by atoms with Crippen LogP contribution in [0, 0.1) is 0 Å². The number of aromatic amines is 1. The summed E-state index contributed by atoms with van der Waals surface area (Å²) in [4.78, 5) is 34.3. The summed E-state index contributed by atoms with van der Waals surface area (Å²) in [5.74, 6) is 0.108. The second kappa shape index (κ2) is 8.03. The highest BCUT2D eigenvalue weighted by Crippen LogP contribution is 2.30. The Bertz CT molecular complexity index is 1380. The molecule has 0 spiro atoms. The van der Waals surface area contributed by atoms with E-state index in [0.717, 1.165) is 35.2 Å². The Morgan fingerprint density at radius 2 is 1.82 bits per heavy atom. The molecule has 1 aliphatic rings. The van der Waals surface area contributed by atoms with Crippen LogP contribution in [-0.4, -0.2) is 49.3 Å². The Morgan fingerprint density at radius 3 is 2.52 bits per heavy atom. The van der Waals surface area contributed by atoms with E-state index < -0.39 is 5.60 Å². The second-order valence-corrected chi connectivity index (χ2v) is 9.49. The molecule has 170 valence electrons. The molecule has 0 unspecified atom stereocenters. The number of likely N-dealkylation sites (tertiary alicyclic amines) is 1. The Hall–Kier alpha value is -3.68. The van der Waals surface area contributed by atoms with Gasteiger partial charge in [0.1, 0.15) is 11.2 Å². The van der Waals surface area contributed by atoms with Gasteiger partial charge in [-0.25, -0.2) is 14.3 Å². The maximum atomic E-state index is 12.5. The highest BCUT2D eigenvalue weighted by molar-refractivity contribution is 5.91. The predicted molar refractivity (Wildman–Crippen MR) is 126 cm³/mol. The minimum Gasteiger partial charge on any atom is -0.444 e. The number of nitrogens with one attached hydrogen (secondary N) is 1. The highest BCUT2D eigenvalue weighted by Gasteiger charge is 2.29. The van der Waals surface area contributed by atoms with Crippen molar-refractivity contribution < 1.29 is 9.53 Å². The summed E-state index contributed by atoms with van der Waals surface area (Å²) in [5, 5.41) is 5.56. The first kappa shape index (κ1) is 21.2. The number of ether oxygens (including phenoxy) is 1. The Balaban J connectivity index is 1.46. The number of amides is 1. The first-order valence-electron chi connectivity index (χ1n) is 11.2. The number of hydrogen-bond donors (Lipinski definition) is 1. The summed E-state index contributed by atoms with van der Waals surface area (Å²) in [6.45, 7) is 6.74. The summed E-state index contributed by atoms with van der Waals surface area (Å²) in [6, 6.07) is 15.5. The van der Waals surface area contributed by atoms with Crippen molar-refractivity contribution in [1.29, 1.82) is 0 Å². The van der Waals surface area contributed by atoms with Crippen LogP contribution < -0.4 is 5.56 Å². The molecule has 5 rings (SSSR count). The second-order valence-electron chi connectivity index (χ2n) is 9.49. The van der Waals surface area contributed by atoms with Crippen LogP contribution in [0.25, 0.3) is 27.9 Å². The van der Waals surface area contributed by atoms with E-state index >= 15 is 0 Å². The number of hydrogen-bond acceptors (Lipinski definition) is 5. The monoisotopic (exact) mass is 445 g/mol. The molecule has 1 fully saturated rings. The molecular weight excluding hydrogens is 418 g/mol. The zero-order valence-electron chi connectivity index (χ0n) is 19.0. The third-order valence-electron chi connectivity index (χ3n) is 5.94. The van der Waals surface area contributed by atoms with Gasteiger partial charge < -0.3 is 14.6 Å². The van der Waals surface area contributed by atoms with Crippen molar-refractivity contribution in [2.75, 3.05) is 13.1 Å². The van der Waals surface area contributed by atoms with Gasteiger partial charge in [-0.2, -0.15) is 0 Å². The molecule has 8 heteroatoms. The Kier molecular flexibility index (Phi) is 5.15. The lowest BCUT2D eigenvalue weighted by Gasteiger charge is -2.33. The first-order chi connectivity index (χ1) is 15.8. The van der Waals surface area contributed by atoms with Crippen LogP contribution in [0.2, 0.25) is 0 Å². The SMILES string of the molecule is CC(C)(C)OC(=O)N1CCC(c2cc(=O)[nH]c3c4ccc(-c5ccccc5)nc4nn23)CC1. The summed E-state index contributed by atoms with van der Waals surface area (Å²) in [5.41, 5.74) is 3.24. The van der Waals surface area contributed by atoms with E-state index in [0.29, 0.717) is 24.4 Å². The number of carbonyl (C=O) groups excluding carboxylic acids is 1. The van der Waals surface area contributed by atoms with Crippen LogP contribution in [0.4, 0.5) is 4.79 Å². The van der Waals surface area contributed by atoms with Crippen molar-refractivity contribution in [2.24, 2.45) is 0 Å². The molecule has 1 aromatic carbocycles. The number of piperidine rings is 1. The van der Waals surface area contributed by atoms with Crippen molar-refractivity contribution in [3.63, 3.8) is 0 Å². The maximum Gasteiger partial charge on any atom is 0.410 e. The minimum absolute atomic E-state index is 0.108. The van der Waals surface area contributed by atoms with Crippen LogP contribution in [-0.2, 0) is 4.74 Å². The zero-order chi connectivity index (χ0) is 23.2. The van der Waals surface area contributed by atoms with Crippen molar-refractivity contribution in [1.82, 2.24) is 24.5 Å². The molecule has 1 saturated heterocycles. The molecule has 4 aromatic rings. The average molecular weight is 446 g/mol. The average Bonchev–Trinajstić information content (AvgIpc) is 3.16. The topological polar surface area (TPSA) is 92.6 Å². The van der Waals surface area contributed by atoms with E-state index in [1.807, 2.05) is 67.8 Å². The van der Waals surface area contributed by atoms with E-state index in [-0.39, 0.29) is 17.6 Å². The van der Waals surface area contributed by atoms with Gasteiger partial charge in [0.15, 0.2) is 5.65 Å². The van der Waals surface area contributed by atoms with Gasteiger partial charge in [-0.05, 0) is 45.7 Å². The fraction of sp³-hybridized carbons (Fsp3) is 0.360. The van der Waals surface area contributed by atoms with Crippen LogP contribution in [0.5, 0.6) is 0 Å². The minimum atomic E-state index is -0.520. The number of pyridine rings is 1. The van der Waals surface area contributed by atoms with Gasteiger partial charge in [-0.15, -0.1) is 5.10 Å². The number of benzene rings is 1. The van der Waals surface area contributed by atoms with Gasteiger partial charge in [0, 0.05) is 30.6 Å². The van der Waals surface area contributed by atoms with Crippen LogP contribution in [0.15, 0.2) is 53.3 Å². The number of H-pyrrole nitrogens is 1. The van der Waals surface area contributed by atoms with Gasteiger partial charge in [0.05, 0.1) is 16.8 Å². The van der Waals surface area contributed by atoms with E-state index in [2.05, 4.69) is 4.98 Å². The quantitative estimate of drug-likeness (QED) is 0.495. The zero-order valence-corrected chi connectivity index (χ0v) is 19.0. The van der Waals surface area contributed by atoms with Crippen LogP contribution in [0.3, 0.4) is 0 Å². The number of carbonyl (C=O) groups is 1. The summed E-state index contributed by atoms with van der Waals surface area (Å²) in [6.07, 6.45) is 1.17. The molecule has 33 heavy (non-hydrogen) atoms. The van der Waals surface area contributed by atoms with Gasteiger partial charge in [0.2, 0.25) is 0 Å². The first-order valence-corrected chi connectivity index (χ1v) is 11.2. The summed E-state index contributed by atoms with van der Waals surface area (Å²) < 4.78 is 7.31. The molecule has 8 nitrogen and oxygen atoms in total. The normalized spacial score (nSPS) is 15.3. The number of nitrogens with zero attached hydrogens (tertiary/aromatic N) is 4. The van der Waals surface area contributed by atoms with Gasteiger partial charge in [-0.1, -0.05) is 30.3 Å². The highest BCUT2D eigenvalue weighted by atomic mass is 16.6. The number of aromatic nitrogens is 4. The molecule has 0 atom stereocenters. The number of fused-ring (bicyclic) bond motifs is 3. The molecule has 0 radical (unpaired) electrons. The van der Waals surface area contributed by atoms with E-state index in [4.69, 9.17) is 14.8 Å². The smallest absolute Gasteiger partial charge is 0.410 e. The molecule has 1 aliphatic heterocycles. The lowest BCUT2D eigenvalue weighted by molar-refractivity contribution is 0.0203. The lowest BCUT2D eigenvalue weighted by Crippen LogP contribution is -2.41. The third kappa shape index (κ3) is 4.20. The molecule has 0 saturated carbocycles. The Morgan fingerprint density at radius 1 is 1.09 bits per heavy atom. The molecule has 4 heterocycles. The lowest BCUT2D eigenvalue weighted by atomic mass is 9.93. The van der Waals surface area contributed by atoms with E-state index in [1.54, 1.807) is 11.0 Å². The fourth-order valence-electron chi connectivity index (χ4n) is 4.37. The standard InChI is InChI=1S/C25H27N5O3/c1-25(2,3)33-24(32)29-13-11-17(12-14-29)20-15-21(31)27-23-18-9-10-19(16-7-5-4-6-8-16)26-22(18)28-30(20)23/h4-10,15,17H,11-14H2,1-3H3,(H,27,31). The molecule has 1 amide bonds. The van der Waals surface area contributed by atoms with Gasteiger partial charge in [0.25, 0.3) is 5.56 Å². The molecule has 3 aromatic heterocycles. The van der Waals surface area contributed by atoms with Crippen molar-refractivity contribution in [3.05, 3.63) is 64.6 Å². The van der Waals surface area contributed by atoms with Gasteiger partial charge in [-0.3, -0.25) is 4.79 Å². The fourth-order valence-corrected chi connectivity index (χ4v) is 4.37. The maximum absolute atomic E-state index is 12.5. The van der Waals surface area contributed by atoms with Crippen molar-refractivity contribution in [2.45, 2.75) is 45.1 Å². The Labute approximate surface area is 191 Å². The van der Waals surface area contributed by atoms with Crippen molar-refractivity contribution >= 4 is 22.8 Å². The largest absolute Gasteiger partial charge is 0.444 e. The third-order valence-corrected chi connectivity index (χ3v) is 5.94. The molecule has 1 N–H and O–H groups in total. The molecule has 0 aliphatic carbocycles. The van der Waals surface area contributed by atoms with Gasteiger partial charge >= 0.3 is 6.09 Å².